The van der Waals surface area contributed by atoms with Crippen molar-refractivity contribution in [1.82, 2.24) is 0 Å². The average Bonchev–Trinajstić information content (AvgIpc) is 2.60. The molecule has 1 aliphatic heterocycles. The predicted molar refractivity (Wildman–Crippen MR) is 91.2 cm³/mol. The maximum Gasteiger partial charge on any atom is 0.337 e. The van der Waals surface area contributed by atoms with Crippen molar-refractivity contribution in [3.8, 4) is 0 Å². The van der Waals surface area contributed by atoms with Gasteiger partial charge in [-0.05, 0) is 30.3 Å². The first-order valence-electron chi connectivity index (χ1n) is 7.36. The summed E-state index contributed by atoms with van der Waals surface area (Å²) in [5, 5.41) is 0.291. The molecule has 0 bridgehead atoms. The van der Waals surface area contributed by atoms with Gasteiger partial charge in [0.2, 0.25) is 0 Å². The molecule has 5 heteroatoms. The first-order chi connectivity index (χ1) is 11.1. The van der Waals surface area contributed by atoms with E-state index in [1.807, 2.05) is 24.3 Å². The van der Waals surface area contributed by atoms with Crippen molar-refractivity contribution in [2.75, 3.05) is 18.6 Å². The van der Waals surface area contributed by atoms with Crippen molar-refractivity contribution >= 4 is 29.3 Å². The zero-order valence-corrected chi connectivity index (χ0v) is 13.8. The van der Waals surface area contributed by atoms with Gasteiger partial charge in [-0.2, -0.15) is 0 Å². The molecule has 0 N–H and O–H groups in total. The predicted octanol–water partition coefficient (Wildman–Crippen LogP) is 3.61. The Morgan fingerprint density at radius 3 is 2.57 bits per heavy atom. The van der Waals surface area contributed by atoms with Crippen LogP contribution in [0, 0.1) is 0 Å². The SMILES string of the molecule is COC(=O)c1ccc2c(c1)N(C(=O)c1ccccc1)CC(C)S2. The summed E-state index contributed by atoms with van der Waals surface area (Å²) in [5.41, 5.74) is 1.86. The fraction of sp³-hybridized carbons (Fsp3) is 0.222. The molecule has 23 heavy (non-hydrogen) atoms. The highest BCUT2D eigenvalue weighted by molar-refractivity contribution is 8.00. The van der Waals surface area contributed by atoms with Crippen LogP contribution >= 0.6 is 11.8 Å². The highest BCUT2D eigenvalue weighted by Crippen LogP contribution is 2.39. The molecule has 0 saturated heterocycles. The van der Waals surface area contributed by atoms with Gasteiger partial charge in [-0.1, -0.05) is 25.1 Å². The number of hydrogen-bond acceptors (Lipinski definition) is 4. The van der Waals surface area contributed by atoms with Crippen LogP contribution in [0.2, 0.25) is 0 Å². The van der Waals surface area contributed by atoms with E-state index in [0.717, 1.165) is 10.6 Å². The number of carbonyl (C=O) groups is 2. The second kappa shape index (κ2) is 6.46. The van der Waals surface area contributed by atoms with Crippen LogP contribution in [0.1, 0.15) is 27.6 Å². The lowest BCUT2D eigenvalue weighted by Crippen LogP contribution is -2.38. The van der Waals surface area contributed by atoms with Crippen molar-refractivity contribution < 1.29 is 14.3 Å². The van der Waals surface area contributed by atoms with Crippen LogP contribution in [0.3, 0.4) is 0 Å². The second-order valence-corrected chi connectivity index (χ2v) is 6.86. The van der Waals surface area contributed by atoms with Gasteiger partial charge in [0.05, 0.1) is 18.4 Å². The maximum atomic E-state index is 12.9. The fourth-order valence-electron chi connectivity index (χ4n) is 2.61. The third kappa shape index (κ3) is 3.10. The normalized spacial score (nSPS) is 16.6. The molecule has 0 aromatic heterocycles. The van der Waals surface area contributed by atoms with Crippen LogP contribution in [0.5, 0.6) is 0 Å². The van der Waals surface area contributed by atoms with Gasteiger partial charge in [0, 0.05) is 22.3 Å². The van der Waals surface area contributed by atoms with E-state index < -0.39 is 5.97 Å². The van der Waals surface area contributed by atoms with Crippen LogP contribution in [-0.4, -0.2) is 30.8 Å². The first-order valence-corrected chi connectivity index (χ1v) is 8.24. The number of amides is 1. The molecule has 2 aromatic carbocycles. The number of hydrogen-bond donors (Lipinski definition) is 0. The second-order valence-electron chi connectivity index (χ2n) is 5.38. The van der Waals surface area contributed by atoms with E-state index in [1.54, 1.807) is 40.9 Å². The third-order valence-corrected chi connectivity index (χ3v) is 4.86. The molecule has 1 aliphatic rings. The largest absolute Gasteiger partial charge is 0.465 e. The van der Waals surface area contributed by atoms with Gasteiger partial charge >= 0.3 is 5.97 Å². The Bertz CT molecular complexity index is 745. The number of benzene rings is 2. The summed E-state index contributed by atoms with van der Waals surface area (Å²) in [6.07, 6.45) is 0. The summed E-state index contributed by atoms with van der Waals surface area (Å²) in [6, 6.07) is 14.5. The van der Waals surface area contributed by atoms with Crippen molar-refractivity contribution in [2.24, 2.45) is 0 Å². The highest BCUT2D eigenvalue weighted by Gasteiger charge is 2.28. The van der Waals surface area contributed by atoms with Gasteiger partial charge in [0.1, 0.15) is 0 Å². The summed E-state index contributed by atoms with van der Waals surface area (Å²) in [6.45, 7) is 2.70. The minimum atomic E-state index is -0.400. The summed E-state index contributed by atoms with van der Waals surface area (Å²) in [7, 11) is 1.35. The van der Waals surface area contributed by atoms with Crippen LogP contribution in [-0.2, 0) is 4.74 Å². The summed E-state index contributed by atoms with van der Waals surface area (Å²) >= 11 is 1.71. The van der Waals surface area contributed by atoms with Crippen molar-refractivity contribution in [2.45, 2.75) is 17.1 Å². The van der Waals surface area contributed by atoms with E-state index in [4.69, 9.17) is 4.74 Å². The third-order valence-electron chi connectivity index (χ3n) is 3.70. The lowest BCUT2D eigenvalue weighted by Gasteiger charge is -2.33. The molecule has 0 fully saturated rings. The van der Waals surface area contributed by atoms with Gasteiger partial charge in [-0.3, -0.25) is 4.79 Å². The number of fused-ring (bicyclic) bond motifs is 1. The highest BCUT2D eigenvalue weighted by atomic mass is 32.2. The molecule has 0 saturated carbocycles. The zero-order chi connectivity index (χ0) is 16.4. The van der Waals surface area contributed by atoms with Crippen molar-refractivity contribution in [3.05, 3.63) is 59.7 Å². The molecule has 1 atom stereocenters. The van der Waals surface area contributed by atoms with Crippen LogP contribution in [0.15, 0.2) is 53.4 Å². The van der Waals surface area contributed by atoms with Gasteiger partial charge in [0.15, 0.2) is 0 Å². The lowest BCUT2D eigenvalue weighted by molar-refractivity contribution is 0.0600. The van der Waals surface area contributed by atoms with E-state index in [1.165, 1.54) is 7.11 Å². The minimum Gasteiger partial charge on any atom is -0.465 e. The Morgan fingerprint density at radius 1 is 1.13 bits per heavy atom. The summed E-state index contributed by atoms with van der Waals surface area (Å²) < 4.78 is 4.78. The Hall–Kier alpha value is -2.27. The van der Waals surface area contributed by atoms with Gasteiger partial charge < -0.3 is 9.64 Å². The number of esters is 1. The van der Waals surface area contributed by atoms with E-state index in [2.05, 4.69) is 6.92 Å². The molecular weight excluding hydrogens is 310 g/mol. The molecule has 0 aliphatic carbocycles. The number of anilines is 1. The van der Waals surface area contributed by atoms with Crippen LogP contribution in [0.25, 0.3) is 0 Å². The molecule has 118 valence electrons. The molecule has 0 spiro atoms. The van der Waals surface area contributed by atoms with E-state index in [0.29, 0.717) is 22.9 Å². The smallest absolute Gasteiger partial charge is 0.337 e. The van der Waals surface area contributed by atoms with E-state index in [9.17, 15) is 9.59 Å². The van der Waals surface area contributed by atoms with Gasteiger partial charge in [0.25, 0.3) is 5.91 Å². The van der Waals surface area contributed by atoms with Crippen molar-refractivity contribution in [3.63, 3.8) is 0 Å². The average molecular weight is 327 g/mol. The monoisotopic (exact) mass is 327 g/mol. The van der Waals surface area contributed by atoms with Crippen molar-refractivity contribution in [1.29, 1.82) is 0 Å². The number of thioether (sulfide) groups is 1. The molecule has 1 heterocycles. The quantitative estimate of drug-likeness (QED) is 0.791. The standard InChI is InChI=1S/C18H17NO3S/c1-12-11-19(17(20)13-6-4-3-5-7-13)15-10-14(18(21)22-2)8-9-16(15)23-12/h3-10,12H,11H2,1-2H3. The minimum absolute atomic E-state index is 0.0546. The number of methoxy groups -OCH3 is 1. The summed E-state index contributed by atoms with van der Waals surface area (Å²) in [5.74, 6) is -0.454. The number of ether oxygens (including phenoxy) is 1. The Labute approximate surface area is 139 Å². The molecule has 4 nitrogen and oxygen atoms in total. The maximum absolute atomic E-state index is 12.9. The van der Waals surface area contributed by atoms with Crippen LogP contribution < -0.4 is 4.90 Å². The molecule has 3 rings (SSSR count). The van der Waals surface area contributed by atoms with Gasteiger partial charge in [-0.15, -0.1) is 11.8 Å². The number of rotatable bonds is 2. The Kier molecular flexibility index (Phi) is 4.39. The van der Waals surface area contributed by atoms with E-state index in [-0.39, 0.29) is 5.91 Å². The first kappa shape index (κ1) is 15.6. The molecule has 0 radical (unpaired) electrons. The lowest BCUT2D eigenvalue weighted by atomic mass is 10.1. The number of nitrogens with zero attached hydrogens (tertiary/aromatic N) is 1. The Morgan fingerprint density at radius 2 is 1.87 bits per heavy atom. The Balaban J connectivity index is 2.03. The topological polar surface area (TPSA) is 46.6 Å². The molecule has 2 aromatic rings. The zero-order valence-electron chi connectivity index (χ0n) is 13.0. The fourth-order valence-corrected chi connectivity index (χ4v) is 3.70. The molecule has 1 unspecified atom stereocenters. The molecule has 1 amide bonds. The summed E-state index contributed by atoms with van der Waals surface area (Å²) in [4.78, 5) is 27.4. The molecular formula is C18H17NO3S. The van der Waals surface area contributed by atoms with Gasteiger partial charge in [-0.25, -0.2) is 4.79 Å². The van der Waals surface area contributed by atoms with Crippen LogP contribution in [0.4, 0.5) is 5.69 Å². The van der Waals surface area contributed by atoms with E-state index >= 15 is 0 Å². The number of carbonyl (C=O) groups excluding carboxylic acids is 2.